The fraction of sp³-hybridized carbons (Fsp3) is 0.675. The summed E-state index contributed by atoms with van der Waals surface area (Å²) >= 11 is 0. The molecule has 0 aromatic rings. The smallest absolute Gasteiger partial charge is 0.238 e. The summed E-state index contributed by atoms with van der Waals surface area (Å²) in [6, 6.07) is -0.212. The summed E-state index contributed by atoms with van der Waals surface area (Å²) < 4.78 is 0. The summed E-state index contributed by atoms with van der Waals surface area (Å²) in [7, 11) is 3.73. The van der Waals surface area contributed by atoms with Gasteiger partial charge in [0.1, 0.15) is 36.3 Å². The first-order valence-corrected chi connectivity index (χ1v) is 21.2. The van der Waals surface area contributed by atoms with E-state index in [4.69, 9.17) is 22.3 Å². The third kappa shape index (κ3) is 7.80. The van der Waals surface area contributed by atoms with E-state index in [1.807, 2.05) is 68.2 Å². The van der Waals surface area contributed by atoms with Crippen molar-refractivity contribution in [2.24, 2.45) is 62.9 Å². The molecule has 10 rings (SSSR count). The summed E-state index contributed by atoms with van der Waals surface area (Å²) in [6.45, 7) is 8.79. The molecule has 16 unspecified atom stereocenters. The van der Waals surface area contributed by atoms with Gasteiger partial charge in [0.05, 0.1) is 24.4 Å². The molecule has 62 heavy (non-hydrogen) atoms. The molecule has 5 fully saturated rings. The van der Waals surface area contributed by atoms with Crippen molar-refractivity contribution in [1.82, 2.24) is 46.6 Å². The minimum atomic E-state index is -0.729. The maximum Gasteiger partial charge on any atom is 0.238 e. The average molecular weight is 864 g/mol. The third-order valence-corrected chi connectivity index (χ3v) is 13.9. The lowest BCUT2D eigenvalue weighted by atomic mass is 9.93. The van der Waals surface area contributed by atoms with Crippen LogP contribution in [0.25, 0.3) is 0 Å². The zero-order chi connectivity index (χ0) is 44.8. The number of hydrogen-bond donors (Lipinski definition) is 14. The zero-order valence-corrected chi connectivity index (χ0v) is 35.7. The van der Waals surface area contributed by atoms with Gasteiger partial charge in [-0.2, -0.15) is 0 Å². The molecule has 16 atom stereocenters. The van der Waals surface area contributed by atoms with Gasteiger partial charge < -0.3 is 68.0 Å². The normalized spacial score (nSPS) is 40.5. The van der Waals surface area contributed by atoms with Crippen molar-refractivity contribution in [2.75, 3.05) is 27.2 Å². The second-order valence-electron chi connectivity index (χ2n) is 19.1. The topological polar surface area (TPSA) is 338 Å². The Morgan fingerprint density at radius 2 is 1.18 bits per heavy atom. The van der Waals surface area contributed by atoms with Gasteiger partial charge in [-0.05, 0) is 75.4 Å². The first kappa shape index (κ1) is 43.5. The van der Waals surface area contributed by atoms with Gasteiger partial charge in [-0.1, -0.05) is 0 Å². The van der Waals surface area contributed by atoms with Crippen LogP contribution in [0, 0.1) is 52.2 Å². The molecule has 16 N–H and O–H groups in total. The lowest BCUT2D eigenvalue weighted by Gasteiger charge is -2.41. The number of fused-ring (bicyclic) bond motifs is 5. The van der Waals surface area contributed by atoms with Crippen LogP contribution in [0.5, 0.6) is 0 Å². The molecule has 10 aliphatic rings. The van der Waals surface area contributed by atoms with E-state index in [2.05, 4.69) is 41.9 Å². The van der Waals surface area contributed by atoms with Gasteiger partial charge in [-0.25, -0.2) is 9.98 Å². The lowest BCUT2D eigenvalue weighted by molar-refractivity contribution is -0.125. The molecule has 22 heteroatoms. The number of aliphatic hydroxyl groups excluding tert-OH is 4. The standard InChI is InChI=1S/2C14H21N5O3.C12H19N5O/c2*1-19-4-5(8-12(19)17-14(15)18-13(8)22)3-16-9-6-2-7(6)10(20)11(9)21;1-6(13)7-5-17(12(2,3)4)9-8(7)10(18)16-11(14)15-9/h2*4,6-12,16,20-21H,2-3H2,1H3,(H3,15,17,18,22);5,8-9,13H,1-4H3,(H3,14,15,16,18). The van der Waals surface area contributed by atoms with Crippen LogP contribution in [0.3, 0.4) is 0 Å². The van der Waals surface area contributed by atoms with Gasteiger partial charge in [0.15, 0.2) is 17.9 Å². The second-order valence-corrected chi connectivity index (χ2v) is 19.1. The Balaban J connectivity index is 0.000000129. The van der Waals surface area contributed by atoms with Crippen LogP contribution in [0.4, 0.5) is 0 Å². The molecule has 22 nitrogen and oxygen atoms in total. The summed E-state index contributed by atoms with van der Waals surface area (Å²) in [5.41, 5.74) is 14.0. The Kier molecular flexibility index (Phi) is 11.2. The number of amides is 3. The van der Waals surface area contributed by atoms with Crippen molar-refractivity contribution in [3.8, 4) is 0 Å². The van der Waals surface area contributed by atoms with E-state index in [0.29, 0.717) is 36.2 Å². The molecular weight excluding hydrogens is 803 g/mol. The molecule has 1 saturated heterocycles. The van der Waals surface area contributed by atoms with E-state index >= 15 is 0 Å². The third-order valence-electron chi connectivity index (χ3n) is 13.9. The molecule has 4 aliphatic carbocycles. The highest BCUT2D eigenvalue weighted by atomic mass is 16.3. The van der Waals surface area contributed by atoms with Gasteiger partial charge in [-0.15, -0.1) is 0 Å². The van der Waals surface area contributed by atoms with Crippen LogP contribution in [-0.2, 0) is 14.4 Å². The summed E-state index contributed by atoms with van der Waals surface area (Å²) in [5, 5.41) is 72.4. The van der Waals surface area contributed by atoms with Gasteiger partial charge in [0, 0.05) is 74.7 Å². The van der Waals surface area contributed by atoms with Gasteiger partial charge >= 0.3 is 0 Å². The second kappa shape index (κ2) is 15.9. The van der Waals surface area contributed by atoms with Gasteiger partial charge in [0.2, 0.25) is 17.7 Å². The fourth-order valence-electron chi connectivity index (χ4n) is 10.6. The predicted octanol–water partition coefficient (Wildman–Crippen LogP) is -4.32. The molecule has 0 aromatic heterocycles. The fourth-order valence-corrected chi connectivity index (χ4v) is 10.6. The molecular formula is C40H61N15O7. The molecule has 3 amide bonds. The van der Waals surface area contributed by atoms with Crippen molar-refractivity contribution >= 4 is 41.3 Å². The van der Waals surface area contributed by atoms with Crippen molar-refractivity contribution < 1.29 is 34.8 Å². The summed E-state index contributed by atoms with van der Waals surface area (Å²) in [4.78, 5) is 50.7. The molecule has 0 spiro atoms. The Bertz CT molecular complexity index is 1970. The number of nitrogens with zero attached hydrogens (tertiary/aromatic N) is 5. The highest BCUT2D eigenvalue weighted by Crippen LogP contribution is 2.53. The first-order valence-electron chi connectivity index (χ1n) is 21.2. The van der Waals surface area contributed by atoms with Crippen LogP contribution < -0.4 is 43.4 Å². The van der Waals surface area contributed by atoms with Gasteiger partial charge in [-0.3, -0.25) is 35.7 Å². The maximum absolute atomic E-state index is 12.2. The molecule has 0 bridgehead atoms. The largest absolute Gasteiger partial charge is 0.390 e. The first-order chi connectivity index (χ1) is 29.2. The summed E-state index contributed by atoms with van der Waals surface area (Å²) in [6.07, 6.45) is 4.03. The number of carbonyl (C=O) groups is 3. The average Bonchev–Trinajstić information content (AvgIpc) is 3.99. The minimum absolute atomic E-state index is 0.0211. The molecule has 6 aliphatic heterocycles. The van der Waals surface area contributed by atoms with E-state index in [1.165, 1.54) is 0 Å². The number of rotatable bonds is 7. The highest BCUT2D eigenvalue weighted by molar-refractivity contribution is 6.08. The minimum Gasteiger partial charge on any atom is -0.390 e. The van der Waals surface area contributed by atoms with E-state index in [9.17, 15) is 34.8 Å². The van der Waals surface area contributed by atoms with E-state index < -0.39 is 30.3 Å². The molecule has 0 radical (unpaired) electrons. The van der Waals surface area contributed by atoms with Crippen molar-refractivity contribution in [3.63, 3.8) is 0 Å². The van der Waals surface area contributed by atoms with Crippen molar-refractivity contribution in [2.45, 2.75) is 101 Å². The molecule has 6 heterocycles. The lowest BCUT2D eigenvalue weighted by Crippen LogP contribution is -2.64. The zero-order valence-electron chi connectivity index (χ0n) is 35.7. The number of aliphatic imine (C=N–C) groups is 2. The molecule has 0 aromatic carbocycles. The quantitative estimate of drug-likeness (QED) is 0.108. The Morgan fingerprint density at radius 1 is 0.742 bits per heavy atom. The Labute approximate surface area is 359 Å². The SMILES string of the molecule is CC(=N)C1=CN(C(C)(C)C)C2NC(=N)NC(=O)C12.CN1C=C(CNC2C(O)C(O)C3CC32)C2C(=O)NC(N)=NC21.CN1C=C(CNC2C(O)C(O)C3CC32)C2C(=O)NC(N)=NC21. The Hall–Kier alpha value is -5.13. The van der Waals surface area contributed by atoms with E-state index in [0.717, 1.165) is 24.0 Å². The van der Waals surface area contributed by atoms with Crippen LogP contribution in [-0.4, -0.2) is 164 Å². The van der Waals surface area contributed by atoms with Crippen LogP contribution >= 0.6 is 0 Å². The van der Waals surface area contributed by atoms with Crippen molar-refractivity contribution in [3.05, 3.63) is 35.3 Å². The number of carbonyl (C=O) groups excluding carboxylic acids is 3. The number of aliphatic hydroxyl groups is 4. The van der Waals surface area contributed by atoms with Crippen LogP contribution in [0.15, 0.2) is 45.3 Å². The summed E-state index contributed by atoms with van der Waals surface area (Å²) in [5.74, 6) is -0.192. The molecule has 4 saturated carbocycles. The highest BCUT2D eigenvalue weighted by Gasteiger charge is 2.60. The van der Waals surface area contributed by atoms with E-state index in [-0.39, 0.29) is 95.4 Å². The number of nitrogens with one attached hydrogen (secondary N) is 8. The number of guanidine groups is 3. The maximum atomic E-state index is 12.2. The van der Waals surface area contributed by atoms with Crippen LogP contribution in [0.1, 0.15) is 40.5 Å². The monoisotopic (exact) mass is 863 g/mol. The van der Waals surface area contributed by atoms with Crippen molar-refractivity contribution in [1.29, 1.82) is 10.8 Å². The Morgan fingerprint density at radius 3 is 1.56 bits per heavy atom. The van der Waals surface area contributed by atoms with E-state index in [1.54, 1.807) is 6.92 Å². The number of hydrogen-bond acceptors (Lipinski definition) is 18. The molecule has 338 valence electrons. The van der Waals surface area contributed by atoms with Crippen LogP contribution in [0.2, 0.25) is 0 Å². The number of nitrogens with two attached hydrogens (primary N) is 2. The van der Waals surface area contributed by atoms with Gasteiger partial charge in [0.25, 0.3) is 0 Å². The predicted molar refractivity (Wildman–Crippen MR) is 226 cm³/mol.